The number of ether oxygens (including phenoxy) is 2. The average Bonchev–Trinajstić information content (AvgIpc) is 2.23. The quantitative estimate of drug-likeness (QED) is 0.752. The highest BCUT2D eigenvalue weighted by molar-refractivity contribution is 5.55. The average molecular weight is 206 g/mol. The molecule has 4 nitrogen and oxygen atoms in total. The fourth-order valence-corrected chi connectivity index (χ4v) is 1.76. The van der Waals surface area contributed by atoms with Crippen molar-refractivity contribution < 1.29 is 9.47 Å². The van der Waals surface area contributed by atoms with Gasteiger partial charge in [-0.2, -0.15) is 0 Å². The van der Waals surface area contributed by atoms with Crippen LogP contribution in [0.3, 0.4) is 0 Å². The van der Waals surface area contributed by atoms with Crippen LogP contribution in [-0.2, 0) is 0 Å². The third-order valence-electron chi connectivity index (χ3n) is 2.69. The molecule has 1 aromatic rings. The van der Waals surface area contributed by atoms with Crippen molar-refractivity contribution in [1.82, 2.24) is 5.32 Å². The van der Waals surface area contributed by atoms with Crippen LogP contribution in [0.5, 0.6) is 11.5 Å². The van der Waals surface area contributed by atoms with Crippen LogP contribution in [0.15, 0.2) is 18.2 Å². The lowest BCUT2D eigenvalue weighted by Crippen LogP contribution is -2.51. The number of rotatable bonds is 2. The van der Waals surface area contributed by atoms with Gasteiger partial charge >= 0.3 is 0 Å². The van der Waals surface area contributed by atoms with Gasteiger partial charge in [0.1, 0.15) is 13.2 Å². The third kappa shape index (κ3) is 1.72. The van der Waals surface area contributed by atoms with Crippen LogP contribution in [0, 0.1) is 0 Å². The lowest BCUT2D eigenvalue weighted by molar-refractivity contribution is 0.171. The Hall–Kier alpha value is -1.42. The van der Waals surface area contributed by atoms with Gasteiger partial charge in [0, 0.05) is 24.8 Å². The summed E-state index contributed by atoms with van der Waals surface area (Å²) in [5.41, 5.74) is 1.10. The van der Waals surface area contributed by atoms with Crippen molar-refractivity contribution in [2.24, 2.45) is 0 Å². The molecule has 0 atom stereocenters. The molecule has 0 unspecified atom stereocenters. The van der Waals surface area contributed by atoms with Crippen molar-refractivity contribution >= 4 is 5.69 Å². The standard InChI is InChI=1S/C11H14N2O2/c1-2-10-11(15-4-3-14-10)5-8(1)13-9-6-12-7-9/h1-2,5,9,12-13H,3-4,6-7H2. The van der Waals surface area contributed by atoms with Gasteiger partial charge < -0.3 is 20.1 Å². The normalized spacial score (nSPS) is 19.5. The molecule has 1 saturated heterocycles. The zero-order valence-corrected chi connectivity index (χ0v) is 8.45. The summed E-state index contributed by atoms with van der Waals surface area (Å²) < 4.78 is 11.0. The van der Waals surface area contributed by atoms with Gasteiger partial charge in [-0.25, -0.2) is 0 Å². The molecule has 3 rings (SSSR count). The summed E-state index contributed by atoms with van der Waals surface area (Å²) in [6.07, 6.45) is 0. The second-order valence-corrected chi connectivity index (χ2v) is 3.86. The van der Waals surface area contributed by atoms with E-state index in [0.29, 0.717) is 19.3 Å². The Balaban J connectivity index is 1.77. The molecule has 2 heterocycles. The fourth-order valence-electron chi connectivity index (χ4n) is 1.76. The summed E-state index contributed by atoms with van der Waals surface area (Å²) in [4.78, 5) is 0. The van der Waals surface area contributed by atoms with Crippen molar-refractivity contribution in [1.29, 1.82) is 0 Å². The van der Waals surface area contributed by atoms with Gasteiger partial charge in [0.2, 0.25) is 0 Å². The van der Waals surface area contributed by atoms with Crippen LogP contribution in [0.2, 0.25) is 0 Å². The van der Waals surface area contributed by atoms with E-state index in [-0.39, 0.29) is 0 Å². The van der Waals surface area contributed by atoms with Crippen LogP contribution in [0.1, 0.15) is 0 Å². The second-order valence-electron chi connectivity index (χ2n) is 3.86. The van der Waals surface area contributed by atoms with E-state index in [0.717, 1.165) is 30.3 Å². The predicted octanol–water partition coefficient (Wildman–Crippen LogP) is 0.842. The lowest BCUT2D eigenvalue weighted by Gasteiger charge is -2.29. The molecule has 15 heavy (non-hydrogen) atoms. The highest BCUT2D eigenvalue weighted by atomic mass is 16.6. The molecule has 1 aromatic carbocycles. The molecule has 0 aromatic heterocycles. The van der Waals surface area contributed by atoms with Crippen molar-refractivity contribution in [2.75, 3.05) is 31.6 Å². The van der Waals surface area contributed by atoms with E-state index in [1.54, 1.807) is 0 Å². The highest BCUT2D eigenvalue weighted by Gasteiger charge is 2.17. The summed E-state index contributed by atoms with van der Waals surface area (Å²) >= 11 is 0. The van der Waals surface area contributed by atoms with E-state index in [4.69, 9.17) is 9.47 Å². The Morgan fingerprint density at radius 3 is 2.67 bits per heavy atom. The number of fused-ring (bicyclic) bond motifs is 1. The van der Waals surface area contributed by atoms with Gasteiger partial charge in [0.05, 0.1) is 6.04 Å². The largest absolute Gasteiger partial charge is 0.486 e. The SMILES string of the molecule is c1cc2c(cc1NC1CNC1)OCCO2. The van der Waals surface area contributed by atoms with Crippen LogP contribution >= 0.6 is 0 Å². The minimum absolute atomic E-state index is 0.549. The minimum Gasteiger partial charge on any atom is -0.486 e. The Labute approximate surface area is 88.6 Å². The first-order valence-corrected chi connectivity index (χ1v) is 5.29. The maximum atomic E-state index is 5.52. The molecule has 2 aliphatic rings. The van der Waals surface area contributed by atoms with Gasteiger partial charge in [-0.15, -0.1) is 0 Å². The zero-order valence-electron chi connectivity index (χ0n) is 8.45. The minimum atomic E-state index is 0.549. The third-order valence-corrected chi connectivity index (χ3v) is 2.69. The van der Waals surface area contributed by atoms with E-state index < -0.39 is 0 Å². The van der Waals surface area contributed by atoms with Crippen LogP contribution in [-0.4, -0.2) is 32.3 Å². The first kappa shape index (κ1) is 8.85. The smallest absolute Gasteiger partial charge is 0.163 e. The first-order valence-electron chi connectivity index (χ1n) is 5.29. The fraction of sp³-hybridized carbons (Fsp3) is 0.455. The topological polar surface area (TPSA) is 42.5 Å². The predicted molar refractivity (Wildman–Crippen MR) is 57.7 cm³/mol. The Bertz CT molecular complexity index is 364. The molecule has 80 valence electrons. The van der Waals surface area contributed by atoms with Crippen molar-refractivity contribution in [2.45, 2.75) is 6.04 Å². The maximum Gasteiger partial charge on any atom is 0.163 e. The van der Waals surface area contributed by atoms with Gasteiger partial charge in [0.15, 0.2) is 11.5 Å². The number of benzene rings is 1. The molecule has 0 aliphatic carbocycles. The van der Waals surface area contributed by atoms with Gasteiger partial charge in [-0.3, -0.25) is 0 Å². The van der Waals surface area contributed by atoms with E-state index in [2.05, 4.69) is 10.6 Å². The van der Waals surface area contributed by atoms with Gasteiger partial charge in [-0.1, -0.05) is 0 Å². The molecule has 4 heteroatoms. The number of anilines is 1. The Morgan fingerprint density at radius 2 is 1.93 bits per heavy atom. The highest BCUT2D eigenvalue weighted by Crippen LogP contribution is 2.32. The molecular weight excluding hydrogens is 192 g/mol. The number of nitrogens with one attached hydrogen (secondary N) is 2. The molecule has 0 radical (unpaired) electrons. The Kier molecular flexibility index (Phi) is 2.14. The monoisotopic (exact) mass is 206 g/mol. The van der Waals surface area contributed by atoms with E-state index in [1.807, 2.05) is 18.2 Å². The molecule has 0 saturated carbocycles. The second kappa shape index (κ2) is 3.62. The Morgan fingerprint density at radius 1 is 1.13 bits per heavy atom. The molecule has 0 bridgehead atoms. The summed E-state index contributed by atoms with van der Waals surface area (Å²) in [6, 6.07) is 6.55. The summed E-state index contributed by atoms with van der Waals surface area (Å²) in [7, 11) is 0. The lowest BCUT2D eigenvalue weighted by atomic mass is 10.1. The van der Waals surface area contributed by atoms with E-state index >= 15 is 0 Å². The summed E-state index contributed by atoms with van der Waals surface area (Å²) in [5.74, 6) is 1.69. The first-order chi connectivity index (χ1) is 7.42. The molecule has 2 aliphatic heterocycles. The molecule has 2 N–H and O–H groups in total. The number of hydrogen-bond acceptors (Lipinski definition) is 4. The van der Waals surface area contributed by atoms with Crippen LogP contribution < -0.4 is 20.1 Å². The zero-order chi connectivity index (χ0) is 10.1. The molecule has 0 spiro atoms. The summed E-state index contributed by atoms with van der Waals surface area (Å²) in [6.45, 7) is 3.36. The van der Waals surface area contributed by atoms with Gasteiger partial charge in [-0.05, 0) is 12.1 Å². The van der Waals surface area contributed by atoms with Crippen LogP contribution in [0.4, 0.5) is 5.69 Å². The van der Waals surface area contributed by atoms with E-state index in [1.165, 1.54) is 0 Å². The maximum absolute atomic E-state index is 5.52. The molecule has 0 amide bonds. The van der Waals surface area contributed by atoms with Crippen molar-refractivity contribution in [3.05, 3.63) is 18.2 Å². The van der Waals surface area contributed by atoms with E-state index in [9.17, 15) is 0 Å². The molecular formula is C11H14N2O2. The molecule has 1 fully saturated rings. The van der Waals surface area contributed by atoms with Gasteiger partial charge in [0.25, 0.3) is 0 Å². The number of hydrogen-bond donors (Lipinski definition) is 2. The summed E-state index contributed by atoms with van der Waals surface area (Å²) in [5, 5.41) is 6.66. The van der Waals surface area contributed by atoms with Crippen molar-refractivity contribution in [3.8, 4) is 11.5 Å². The van der Waals surface area contributed by atoms with Crippen LogP contribution in [0.25, 0.3) is 0 Å². The van der Waals surface area contributed by atoms with Crippen molar-refractivity contribution in [3.63, 3.8) is 0 Å².